The molecule has 1 aliphatic rings. The van der Waals surface area contributed by atoms with Crippen molar-refractivity contribution >= 4 is 21.8 Å². The minimum absolute atomic E-state index is 0.215. The Morgan fingerprint density at radius 3 is 3.00 bits per heavy atom. The fraction of sp³-hybridized carbons (Fsp3) is 0.562. The molecule has 0 aromatic heterocycles. The van der Waals surface area contributed by atoms with Crippen LogP contribution in [-0.2, 0) is 0 Å². The average molecular weight is 357 g/mol. The molecule has 1 saturated heterocycles. The van der Waals surface area contributed by atoms with E-state index in [1.807, 2.05) is 0 Å². The normalized spacial score (nSPS) is 19.5. The zero-order valence-corrected chi connectivity index (χ0v) is 14.0. The summed E-state index contributed by atoms with van der Waals surface area (Å²) in [5, 5.41) is 2.85. The number of rotatable bonds is 5. The molecule has 1 unspecified atom stereocenters. The van der Waals surface area contributed by atoms with E-state index in [9.17, 15) is 9.18 Å². The van der Waals surface area contributed by atoms with Crippen molar-refractivity contribution in [1.82, 2.24) is 10.2 Å². The number of amides is 1. The van der Waals surface area contributed by atoms with Gasteiger partial charge in [-0.05, 0) is 66.9 Å². The Kier molecular flexibility index (Phi) is 6.18. The highest BCUT2D eigenvalue weighted by Crippen LogP contribution is 2.17. The van der Waals surface area contributed by atoms with Crippen molar-refractivity contribution in [3.05, 3.63) is 34.1 Å². The van der Waals surface area contributed by atoms with Crippen LogP contribution < -0.4 is 5.32 Å². The van der Waals surface area contributed by atoms with Gasteiger partial charge in [-0.1, -0.05) is 6.42 Å². The van der Waals surface area contributed by atoms with E-state index in [-0.39, 0.29) is 5.91 Å². The van der Waals surface area contributed by atoms with Gasteiger partial charge in [0, 0.05) is 24.7 Å². The van der Waals surface area contributed by atoms with Crippen molar-refractivity contribution in [1.29, 1.82) is 0 Å². The molecule has 3 nitrogen and oxygen atoms in total. The molecule has 0 spiro atoms. The van der Waals surface area contributed by atoms with Crippen molar-refractivity contribution in [3.8, 4) is 0 Å². The second-order valence-corrected chi connectivity index (χ2v) is 6.47. The molecular weight excluding hydrogens is 335 g/mol. The zero-order valence-electron chi connectivity index (χ0n) is 12.4. The minimum Gasteiger partial charge on any atom is -0.352 e. The molecule has 1 atom stereocenters. The molecule has 1 aliphatic heterocycles. The highest BCUT2D eigenvalue weighted by Gasteiger charge is 2.17. The third-order valence-electron chi connectivity index (χ3n) is 4.03. The largest absolute Gasteiger partial charge is 0.352 e. The fourth-order valence-electron chi connectivity index (χ4n) is 2.71. The monoisotopic (exact) mass is 356 g/mol. The van der Waals surface area contributed by atoms with Crippen LogP contribution in [0.3, 0.4) is 0 Å². The molecule has 5 heteroatoms. The number of nitrogens with one attached hydrogen (secondary N) is 1. The summed E-state index contributed by atoms with van der Waals surface area (Å²) < 4.78 is 13.8. The standard InChI is InChI=1S/C16H22BrFN2O/c1-12-5-2-3-9-20(12)10-4-8-19-16(21)13-6-7-14(17)15(18)11-13/h6-7,11-12H,2-5,8-10H2,1H3,(H,19,21). The lowest BCUT2D eigenvalue weighted by atomic mass is 10.0. The maximum atomic E-state index is 13.4. The predicted molar refractivity (Wildman–Crippen MR) is 85.9 cm³/mol. The summed E-state index contributed by atoms with van der Waals surface area (Å²) in [6.07, 6.45) is 4.79. The number of likely N-dealkylation sites (tertiary alicyclic amines) is 1. The topological polar surface area (TPSA) is 32.3 Å². The predicted octanol–water partition coefficient (Wildman–Crippen LogP) is 3.58. The van der Waals surface area contributed by atoms with E-state index < -0.39 is 5.82 Å². The number of piperidine rings is 1. The molecule has 0 saturated carbocycles. The molecule has 0 bridgehead atoms. The maximum absolute atomic E-state index is 13.4. The first kappa shape index (κ1) is 16.4. The lowest BCUT2D eigenvalue weighted by Gasteiger charge is -2.33. The van der Waals surface area contributed by atoms with Gasteiger partial charge < -0.3 is 10.2 Å². The summed E-state index contributed by atoms with van der Waals surface area (Å²) in [6, 6.07) is 5.08. The van der Waals surface area contributed by atoms with E-state index in [0.29, 0.717) is 22.6 Å². The van der Waals surface area contributed by atoms with Crippen LogP contribution in [0.2, 0.25) is 0 Å². The molecule has 1 fully saturated rings. The molecule has 116 valence electrons. The van der Waals surface area contributed by atoms with Gasteiger partial charge >= 0.3 is 0 Å². The third-order valence-corrected chi connectivity index (χ3v) is 4.67. The molecule has 1 N–H and O–H groups in total. The Balaban J connectivity index is 1.72. The number of hydrogen-bond acceptors (Lipinski definition) is 2. The van der Waals surface area contributed by atoms with Gasteiger partial charge in [-0.3, -0.25) is 4.79 Å². The SMILES string of the molecule is CC1CCCCN1CCCNC(=O)c1ccc(Br)c(F)c1. The van der Waals surface area contributed by atoms with Gasteiger partial charge in [-0.2, -0.15) is 0 Å². The van der Waals surface area contributed by atoms with Crippen LogP contribution >= 0.6 is 15.9 Å². The van der Waals surface area contributed by atoms with Crippen molar-refractivity contribution in [3.63, 3.8) is 0 Å². The van der Waals surface area contributed by atoms with Crippen LogP contribution in [0.25, 0.3) is 0 Å². The third kappa shape index (κ3) is 4.78. The Hall–Kier alpha value is -0.940. The summed E-state index contributed by atoms with van der Waals surface area (Å²) in [4.78, 5) is 14.4. The molecule has 21 heavy (non-hydrogen) atoms. The number of carbonyl (C=O) groups excluding carboxylic acids is 1. The minimum atomic E-state index is -0.412. The van der Waals surface area contributed by atoms with Gasteiger partial charge in [0.1, 0.15) is 5.82 Å². The van der Waals surface area contributed by atoms with E-state index in [1.54, 1.807) is 12.1 Å². The van der Waals surface area contributed by atoms with Crippen molar-refractivity contribution in [2.24, 2.45) is 0 Å². The van der Waals surface area contributed by atoms with E-state index in [2.05, 4.69) is 33.1 Å². The molecule has 1 aromatic rings. The summed E-state index contributed by atoms with van der Waals surface area (Å²) >= 11 is 3.08. The second kappa shape index (κ2) is 7.90. The van der Waals surface area contributed by atoms with Gasteiger partial charge in [0.05, 0.1) is 4.47 Å². The van der Waals surface area contributed by atoms with E-state index in [0.717, 1.165) is 19.5 Å². The summed E-state index contributed by atoms with van der Waals surface area (Å²) in [7, 11) is 0. The Morgan fingerprint density at radius 1 is 1.48 bits per heavy atom. The highest BCUT2D eigenvalue weighted by molar-refractivity contribution is 9.10. The van der Waals surface area contributed by atoms with Crippen LogP contribution in [0.15, 0.2) is 22.7 Å². The Labute approximate surface area is 134 Å². The van der Waals surface area contributed by atoms with E-state index in [4.69, 9.17) is 0 Å². The number of halogens is 2. The number of hydrogen-bond donors (Lipinski definition) is 1. The first-order valence-corrected chi connectivity index (χ1v) is 8.34. The lowest BCUT2D eigenvalue weighted by molar-refractivity contribution is 0.0948. The summed E-state index contributed by atoms with van der Waals surface area (Å²) in [6.45, 7) is 5.06. The van der Waals surface area contributed by atoms with E-state index >= 15 is 0 Å². The molecule has 2 rings (SSSR count). The van der Waals surface area contributed by atoms with Crippen molar-refractivity contribution < 1.29 is 9.18 Å². The number of nitrogens with zero attached hydrogens (tertiary/aromatic N) is 1. The number of benzene rings is 1. The van der Waals surface area contributed by atoms with Gasteiger partial charge in [0.25, 0.3) is 5.91 Å². The lowest BCUT2D eigenvalue weighted by Crippen LogP contribution is -2.39. The number of carbonyl (C=O) groups is 1. The van der Waals surface area contributed by atoms with Gasteiger partial charge in [0.2, 0.25) is 0 Å². The molecule has 0 radical (unpaired) electrons. The second-order valence-electron chi connectivity index (χ2n) is 5.62. The summed E-state index contributed by atoms with van der Waals surface area (Å²) in [5.74, 6) is -0.627. The van der Waals surface area contributed by atoms with Crippen molar-refractivity contribution in [2.45, 2.75) is 38.6 Å². The Morgan fingerprint density at radius 2 is 2.29 bits per heavy atom. The van der Waals surface area contributed by atoms with E-state index in [1.165, 1.54) is 25.3 Å². The molecule has 1 amide bonds. The van der Waals surface area contributed by atoms with Crippen LogP contribution in [-0.4, -0.2) is 36.5 Å². The zero-order chi connectivity index (χ0) is 15.2. The van der Waals surface area contributed by atoms with Crippen LogP contribution in [0, 0.1) is 5.82 Å². The fourth-order valence-corrected chi connectivity index (χ4v) is 2.96. The maximum Gasteiger partial charge on any atom is 0.251 e. The quantitative estimate of drug-likeness (QED) is 0.817. The first-order chi connectivity index (χ1) is 10.1. The average Bonchev–Trinajstić information content (AvgIpc) is 2.48. The first-order valence-electron chi connectivity index (χ1n) is 7.55. The van der Waals surface area contributed by atoms with Crippen molar-refractivity contribution in [2.75, 3.05) is 19.6 Å². The van der Waals surface area contributed by atoms with Crippen LogP contribution in [0.4, 0.5) is 4.39 Å². The van der Waals surface area contributed by atoms with Crippen LogP contribution in [0.5, 0.6) is 0 Å². The molecule has 1 heterocycles. The van der Waals surface area contributed by atoms with Gasteiger partial charge in [-0.15, -0.1) is 0 Å². The Bertz CT molecular complexity index is 495. The molecule has 0 aliphatic carbocycles. The smallest absolute Gasteiger partial charge is 0.251 e. The van der Waals surface area contributed by atoms with Gasteiger partial charge in [0.15, 0.2) is 0 Å². The van der Waals surface area contributed by atoms with Gasteiger partial charge in [-0.25, -0.2) is 4.39 Å². The highest BCUT2D eigenvalue weighted by atomic mass is 79.9. The molecule has 1 aromatic carbocycles. The van der Waals surface area contributed by atoms with Crippen LogP contribution in [0.1, 0.15) is 43.0 Å². The summed E-state index contributed by atoms with van der Waals surface area (Å²) in [5.41, 5.74) is 0.363. The molecular formula is C16H22BrFN2O.